The van der Waals surface area contributed by atoms with Gasteiger partial charge < -0.3 is 82.7 Å². The van der Waals surface area contributed by atoms with E-state index in [1.165, 1.54) is 0 Å². The summed E-state index contributed by atoms with van der Waals surface area (Å²) in [5, 5.41) is 31.7. The van der Waals surface area contributed by atoms with E-state index in [4.69, 9.17) is 9.47 Å². The Bertz CT molecular complexity index is 3890. The van der Waals surface area contributed by atoms with E-state index in [0.29, 0.717) is 120 Å². The molecule has 9 aliphatic rings. The fraction of sp³-hybridized carbons (Fsp3) is 0.612. The van der Waals surface area contributed by atoms with Crippen molar-refractivity contribution in [3.05, 3.63) is 101 Å². The second-order valence-corrected chi connectivity index (χ2v) is 32.2. The maximum absolute atomic E-state index is 13.6. The summed E-state index contributed by atoms with van der Waals surface area (Å²) in [7, 11) is 5.09. The summed E-state index contributed by atoms with van der Waals surface area (Å²) in [6.07, 6.45) is 17.8. The molecule has 9 heterocycles. The molecular weight excluding hydrogens is 1490 g/mol. The summed E-state index contributed by atoms with van der Waals surface area (Å²) in [6, 6.07) is 16.0. The van der Waals surface area contributed by atoms with Gasteiger partial charge in [-0.25, -0.2) is 0 Å². The number of benzene rings is 3. The second-order valence-electron chi connectivity index (χ2n) is 32.2. The molecule has 630 valence electrons. The Morgan fingerprint density at radius 3 is 1.10 bits per heavy atom. The number of anilines is 1. The predicted octanol–water partition coefficient (Wildman–Crippen LogP) is 4.54. The minimum absolute atomic E-state index is 0.00485. The molecule has 0 spiro atoms. The van der Waals surface area contributed by atoms with Crippen LogP contribution in [-0.4, -0.2) is 215 Å². The number of nitrogens with zero attached hydrogens (tertiary/aromatic N) is 3. The number of hydrogen-bond donors (Lipinski definition) is 11. The number of cyclic esters (lactones) is 2. The SMILES string of the molecule is CN[C@@H](C)C(=O)N[C@H]1CCCC[C@H]2CC[C@@H](C(=O)NCc3cccc(C(=O)CC[C@@H]4CCC(=O)O4)c3)N2C1=O.CN[C@@H](C)C(=O)N[C@H]1CCCC[C@H]2CC[C@@H](C(=O)NCc3cccc(C(=O)CC[C@H]4CCC(=O)O4)c3)N2C1=O.CN[C@@H](C)C(=O)N[C@H]1CCCC[C@H]2CC[C@@H](C(=O)NCc3cccc(NC(=O)[C@H]4CCC(=O)N4)c3)N2C1=O. The molecule has 31 heteroatoms. The first-order valence-corrected chi connectivity index (χ1v) is 41.8. The van der Waals surface area contributed by atoms with Gasteiger partial charge >= 0.3 is 11.9 Å². The van der Waals surface area contributed by atoms with Crippen LogP contribution in [0.3, 0.4) is 0 Å². The molecule has 0 unspecified atom stereocenters. The molecule has 15 atom stereocenters. The molecule has 0 saturated carbocycles. The largest absolute Gasteiger partial charge is 0.462 e. The van der Waals surface area contributed by atoms with Crippen LogP contribution in [0.25, 0.3) is 0 Å². The third-order valence-corrected chi connectivity index (χ3v) is 24.1. The molecule has 9 saturated heterocycles. The van der Waals surface area contributed by atoms with Gasteiger partial charge in [-0.2, -0.15) is 0 Å². The van der Waals surface area contributed by atoms with E-state index < -0.39 is 60.4 Å². The van der Waals surface area contributed by atoms with Crippen molar-refractivity contribution in [1.29, 1.82) is 0 Å². The van der Waals surface area contributed by atoms with Crippen LogP contribution in [0.2, 0.25) is 0 Å². The predicted molar refractivity (Wildman–Crippen MR) is 428 cm³/mol. The highest BCUT2D eigenvalue weighted by molar-refractivity contribution is 6.00. The molecule has 11 amide bonds. The van der Waals surface area contributed by atoms with Gasteiger partial charge in [0.25, 0.3) is 0 Å². The summed E-state index contributed by atoms with van der Waals surface area (Å²) in [4.78, 5) is 195. The molecule has 0 aliphatic carbocycles. The van der Waals surface area contributed by atoms with Crippen LogP contribution in [0.1, 0.15) is 238 Å². The van der Waals surface area contributed by atoms with Gasteiger partial charge in [-0.3, -0.25) is 71.9 Å². The van der Waals surface area contributed by atoms with Crippen LogP contribution in [0, 0.1) is 0 Å². The monoisotopic (exact) mass is 1610 g/mol. The molecule has 0 bridgehead atoms. The lowest BCUT2D eigenvalue weighted by molar-refractivity contribution is -0.144. The van der Waals surface area contributed by atoms with E-state index in [0.717, 1.165) is 93.7 Å². The lowest BCUT2D eigenvalue weighted by Crippen LogP contribution is -2.57. The van der Waals surface area contributed by atoms with Crippen molar-refractivity contribution in [2.24, 2.45) is 0 Å². The van der Waals surface area contributed by atoms with Crippen LogP contribution >= 0.6 is 0 Å². The number of Topliss-reactive ketones (excluding diaryl/α,β-unsaturated/α-hetero) is 2. The zero-order valence-corrected chi connectivity index (χ0v) is 67.8. The van der Waals surface area contributed by atoms with Gasteiger partial charge in [-0.15, -0.1) is 0 Å². The highest BCUT2D eigenvalue weighted by Gasteiger charge is 2.48. The molecule has 9 aliphatic heterocycles. The molecule has 3 aromatic rings. The fourth-order valence-corrected chi connectivity index (χ4v) is 16.9. The topological polar surface area (TPSA) is 417 Å². The minimum Gasteiger partial charge on any atom is -0.462 e. The maximum Gasteiger partial charge on any atom is 0.306 e. The number of rotatable bonds is 28. The summed E-state index contributed by atoms with van der Waals surface area (Å²) in [5.74, 6) is -2.79. The normalized spacial score (nSPS) is 25.8. The zero-order valence-electron chi connectivity index (χ0n) is 67.8. The maximum atomic E-state index is 13.6. The van der Waals surface area contributed by atoms with Gasteiger partial charge in [0.05, 0.1) is 18.1 Å². The Kier molecular flexibility index (Phi) is 32.6. The first-order valence-electron chi connectivity index (χ1n) is 41.8. The molecule has 31 nitrogen and oxygen atoms in total. The number of likely N-dealkylation sites (N-methyl/N-ethyl adjacent to an activating group) is 3. The van der Waals surface area contributed by atoms with Crippen LogP contribution in [-0.2, 0) is 91.4 Å². The van der Waals surface area contributed by atoms with Crippen LogP contribution in [0.5, 0.6) is 0 Å². The van der Waals surface area contributed by atoms with E-state index in [1.54, 1.807) is 111 Å². The molecule has 116 heavy (non-hydrogen) atoms. The fourth-order valence-electron chi connectivity index (χ4n) is 16.9. The molecule has 12 rings (SSSR count). The van der Waals surface area contributed by atoms with Gasteiger partial charge in [0, 0.05) is 86.7 Å². The molecule has 0 aromatic heterocycles. The van der Waals surface area contributed by atoms with Crippen LogP contribution in [0.15, 0.2) is 72.8 Å². The van der Waals surface area contributed by atoms with Crippen molar-refractivity contribution in [3.8, 4) is 0 Å². The molecule has 9 fully saturated rings. The quantitative estimate of drug-likeness (QED) is 0.0351. The summed E-state index contributed by atoms with van der Waals surface area (Å²) in [5.41, 5.74) is 4.08. The number of ether oxygens (including phenoxy) is 2. The lowest BCUT2D eigenvalue weighted by Gasteiger charge is -2.35. The molecular formula is C85H118N14O17. The van der Waals surface area contributed by atoms with Crippen molar-refractivity contribution in [3.63, 3.8) is 0 Å². The number of esters is 2. The van der Waals surface area contributed by atoms with E-state index >= 15 is 0 Å². The number of hydrogen-bond acceptors (Lipinski definition) is 20. The highest BCUT2D eigenvalue weighted by atomic mass is 16.6. The van der Waals surface area contributed by atoms with Crippen molar-refractivity contribution in [2.75, 3.05) is 26.5 Å². The Labute approximate surface area is 678 Å². The van der Waals surface area contributed by atoms with E-state index in [9.17, 15) is 71.9 Å². The van der Waals surface area contributed by atoms with Gasteiger partial charge in [0.15, 0.2) is 11.6 Å². The van der Waals surface area contributed by atoms with Crippen LogP contribution < -0.4 is 58.5 Å². The standard InChI is InChI=1S/2C29H40N4O6.C27H38N6O5/c2*1-18(30-2)27(36)32-23-9-4-3-8-21-10-13-24(33(21)29(23)38)28(37)31-17-19-6-5-7-20(16-19)25(34)14-11-22-12-15-26(35)39-22;1-16(28-2)24(35)32-21-9-4-3-8-19-10-12-22(33(19)27(21)38)26(37)29-15-17-6-5-7-18(14-17)30-25(36)20-11-13-23(34)31-20/h2*5-7,16,18,21-24,30H,3-4,8-15,17H2,1-2H3,(H,31,37)(H,32,36);5-7,14,16,19-22,28H,3-4,8-13,15H2,1-2H3,(H,29,37)(H,30,36)(H,31,34)(H,32,35)/t18-,21-,22+,23-,24-;18-,21-,22-,23-,24-;16-,19-,20+,21-,22-/m000/s1. The van der Waals surface area contributed by atoms with E-state index in [2.05, 4.69) is 58.5 Å². The van der Waals surface area contributed by atoms with Gasteiger partial charge in [0.1, 0.15) is 54.5 Å². The first-order chi connectivity index (χ1) is 55.8. The Morgan fingerprint density at radius 1 is 0.414 bits per heavy atom. The average molecular weight is 1610 g/mol. The molecule has 0 radical (unpaired) electrons. The zero-order chi connectivity index (χ0) is 83.1. The van der Waals surface area contributed by atoms with Gasteiger partial charge in [0.2, 0.25) is 65.0 Å². The third kappa shape index (κ3) is 24.1. The Hall–Kier alpha value is -10.0. The summed E-state index contributed by atoms with van der Waals surface area (Å²) < 4.78 is 10.4. The number of amides is 11. The number of carbonyl (C=O) groups is 15. The van der Waals surface area contributed by atoms with E-state index in [1.807, 2.05) is 18.2 Å². The van der Waals surface area contributed by atoms with Crippen molar-refractivity contribution in [2.45, 2.75) is 311 Å². The number of nitrogens with one attached hydrogen (secondary N) is 11. The third-order valence-electron chi connectivity index (χ3n) is 24.1. The first kappa shape index (κ1) is 88.4. The van der Waals surface area contributed by atoms with Gasteiger partial charge in [-0.05, 0) is 192 Å². The second kappa shape index (κ2) is 42.7. The summed E-state index contributed by atoms with van der Waals surface area (Å²) in [6.45, 7) is 5.95. The molecule has 11 N–H and O–H groups in total. The smallest absolute Gasteiger partial charge is 0.306 e. The Balaban J connectivity index is 0.000000184. The Morgan fingerprint density at radius 2 is 0.767 bits per heavy atom. The van der Waals surface area contributed by atoms with E-state index in [-0.39, 0.29) is 138 Å². The number of fused-ring (bicyclic) bond motifs is 3. The minimum atomic E-state index is -0.639. The van der Waals surface area contributed by atoms with Crippen molar-refractivity contribution in [1.82, 2.24) is 67.9 Å². The lowest BCUT2D eigenvalue weighted by atomic mass is 9.98. The van der Waals surface area contributed by atoms with Crippen molar-refractivity contribution >= 4 is 94.2 Å². The average Bonchev–Trinajstić information content (AvgIpc) is 1.65. The number of carbonyl (C=O) groups excluding carboxylic acids is 15. The molecule has 3 aromatic carbocycles. The highest BCUT2D eigenvalue weighted by Crippen LogP contribution is 2.35. The van der Waals surface area contributed by atoms with Crippen molar-refractivity contribution < 1.29 is 81.4 Å². The number of ketones is 2. The van der Waals surface area contributed by atoms with Crippen LogP contribution in [0.4, 0.5) is 5.69 Å². The van der Waals surface area contributed by atoms with Gasteiger partial charge in [-0.1, -0.05) is 87.1 Å². The summed E-state index contributed by atoms with van der Waals surface area (Å²) >= 11 is 0.